The summed E-state index contributed by atoms with van der Waals surface area (Å²) in [5, 5.41) is 4.23. The molecule has 2 heterocycles. The molecule has 1 aliphatic rings. The number of aromatic nitrogens is 1. The molecule has 1 aliphatic heterocycles. The lowest BCUT2D eigenvalue weighted by atomic mass is 10.1. The second-order valence-electron chi connectivity index (χ2n) is 6.75. The van der Waals surface area contributed by atoms with Gasteiger partial charge >= 0.3 is 0 Å². The first kappa shape index (κ1) is 17.9. The van der Waals surface area contributed by atoms with E-state index in [1.165, 1.54) is 0 Å². The number of para-hydroxylation sites is 1. The molecular weight excluding hydrogens is 318 g/mol. The minimum atomic E-state index is -0.0924. The molecule has 3 rings (SSSR count). The summed E-state index contributed by atoms with van der Waals surface area (Å²) in [6.45, 7) is 3.01. The first-order valence-corrected chi connectivity index (χ1v) is 8.81. The highest BCUT2D eigenvalue weighted by molar-refractivity contribution is 5.83. The number of rotatable bonds is 7. The first-order chi connectivity index (χ1) is 12.1. The normalized spacial score (nSPS) is 20.9. The molecule has 1 fully saturated rings. The highest BCUT2D eigenvalue weighted by Gasteiger charge is 2.28. The lowest BCUT2D eigenvalue weighted by Crippen LogP contribution is -2.51. The Labute approximate surface area is 148 Å². The third-order valence-electron chi connectivity index (χ3n) is 4.50. The van der Waals surface area contributed by atoms with Gasteiger partial charge < -0.3 is 24.3 Å². The zero-order chi connectivity index (χ0) is 17.6. The van der Waals surface area contributed by atoms with Crippen LogP contribution in [0.25, 0.3) is 10.9 Å². The molecule has 1 aromatic heterocycles. The van der Waals surface area contributed by atoms with Gasteiger partial charge in [-0.15, -0.1) is 0 Å². The Kier molecular flexibility index (Phi) is 6.07. The van der Waals surface area contributed by atoms with Crippen LogP contribution >= 0.6 is 0 Å². The van der Waals surface area contributed by atoms with Gasteiger partial charge in [0.25, 0.3) is 0 Å². The summed E-state index contributed by atoms with van der Waals surface area (Å²) in [6.07, 6.45) is 2.77. The van der Waals surface area contributed by atoms with Gasteiger partial charge in [-0.05, 0) is 38.0 Å². The number of likely N-dealkylation sites (N-methyl/N-ethyl adjacent to an activating group) is 1. The van der Waals surface area contributed by atoms with Crippen LogP contribution < -0.4 is 5.32 Å². The highest BCUT2D eigenvalue weighted by Crippen LogP contribution is 2.15. The Balaban J connectivity index is 1.56. The fraction of sp³-hybridized carbons (Fsp3) is 0.526. The molecule has 0 spiro atoms. The van der Waals surface area contributed by atoms with Crippen LogP contribution in [0.1, 0.15) is 6.42 Å². The number of carbonyl (C=O) groups is 1. The summed E-state index contributed by atoms with van der Waals surface area (Å²) in [5.41, 5.74) is 1.07. The largest absolute Gasteiger partial charge is 0.379 e. The van der Waals surface area contributed by atoms with Crippen molar-refractivity contribution < 1.29 is 14.3 Å². The Morgan fingerprint density at radius 3 is 3.04 bits per heavy atom. The zero-order valence-electron chi connectivity index (χ0n) is 15.0. The average molecular weight is 345 g/mol. The average Bonchev–Trinajstić information content (AvgIpc) is 2.99. The highest BCUT2D eigenvalue weighted by atomic mass is 16.5. The predicted molar refractivity (Wildman–Crippen MR) is 97.6 cm³/mol. The monoisotopic (exact) mass is 345 g/mol. The van der Waals surface area contributed by atoms with Crippen LogP contribution in [0.5, 0.6) is 0 Å². The number of amides is 1. The fourth-order valence-electron chi connectivity index (χ4n) is 3.12. The van der Waals surface area contributed by atoms with Gasteiger partial charge in [0.1, 0.15) is 6.54 Å². The number of benzene rings is 1. The van der Waals surface area contributed by atoms with Crippen molar-refractivity contribution in [1.82, 2.24) is 14.8 Å². The maximum atomic E-state index is 12.5. The molecule has 2 atom stereocenters. The molecule has 0 saturated carbocycles. The van der Waals surface area contributed by atoms with Crippen molar-refractivity contribution in [3.63, 3.8) is 0 Å². The maximum Gasteiger partial charge on any atom is 0.240 e. The van der Waals surface area contributed by atoms with Gasteiger partial charge in [-0.25, -0.2) is 0 Å². The molecule has 1 aromatic carbocycles. The lowest BCUT2D eigenvalue weighted by molar-refractivity contribution is -0.126. The van der Waals surface area contributed by atoms with Gasteiger partial charge in [-0.1, -0.05) is 18.2 Å². The number of ether oxygens (including phenoxy) is 2. The van der Waals surface area contributed by atoms with Crippen molar-refractivity contribution in [2.24, 2.45) is 0 Å². The van der Waals surface area contributed by atoms with Crippen LogP contribution in [-0.2, 0) is 20.8 Å². The zero-order valence-corrected chi connectivity index (χ0v) is 15.0. The van der Waals surface area contributed by atoms with Crippen LogP contribution in [0.3, 0.4) is 0 Å². The second-order valence-corrected chi connectivity index (χ2v) is 6.75. The van der Waals surface area contributed by atoms with E-state index < -0.39 is 0 Å². The molecule has 0 aliphatic carbocycles. The summed E-state index contributed by atoms with van der Waals surface area (Å²) < 4.78 is 13.5. The van der Waals surface area contributed by atoms with Crippen LogP contribution in [-0.4, -0.2) is 68.0 Å². The molecule has 2 aromatic rings. The molecular formula is C19H27N3O3. The number of carbonyl (C=O) groups excluding carboxylic acids is 1. The van der Waals surface area contributed by atoms with Crippen LogP contribution in [0.2, 0.25) is 0 Å². The Hall–Kier alpha value is -1.89. The van der Waals surface area contributed by atoms with Gasteiger partial charge in [0.2, 0.25) is 5.91 Å². The summed E-state index contributed by atoms with van der Waals surface area (Å²) in [5.74, 6) is -0.0157. The van der Waals surface area contributed by atoms with E-state index in [4.69, 9.17) is 9.47 Å². The Bertz CT molecular complexity index is 698. The van der Waals surface area contributed by atoms with E-state index in [0.717, 1.165) is 23.9 Å². The molecule has 6 heteroatoms. The van der Waals surface area contributed by atoms with Gasteiger partial charge in [0.15, 0.2) is 0 Å². The van der Waals surface area contributed by atoms with Crippen molar-refractivity contribution >= 4 is 16.8 Å². The van der Waals surface area contributed by atoms with Crippen molar-refractivity contribution in [3.05, 3.63) is 36.5 Å². The summed E-state index contributed by atoms with van der Waals surface area (Å²) in [6, 6.07) is 10.00. The summed E-state index contributed by atoms with van der Waals surface area (Å²) >= 11 is 0. The molecule has 136 valence electrons. The standard InChI is InChI=1S/C19H27N3O3/c1-21(2)10-12-25-18-8-11-24-14-16(18)20-19(23)13-22-9-7-15-5-3-4-6-17(15)22/h3-7,9,16,18H,8,10-14H2,1-2H3,(H,20,23)/t16-,18+/m1/s1. The van der Waals surface area contributed by atoms with E-state index in [1.807, 2.05) is 55.2 Å². The number of fused-ring (bicyclic) bond motifs is 1. The number of hydrogen-bond acceptors (Lipinski definition) is 4. The molecule has 1 N–H and O–H groups in total. The number of nitrogens with zero attached hydrogens (tertiary/aromatic N) is 2. The van der Waals surface area contributed by atoms with Gasteiger partial charge in [0, 0.05) is 24.9 Å². The van der Waals surface area contributed by atoms with E-state index >= 15 is 0 Å². The van der Waals surface area contributed by atoms with Crippen LogP contribution in [0.15, 0.2) is 36.5 Å². The molecule has 25 heavy (non-hydrogen) atoms. The lowest BCUT2D eigenvalue weighted by Gasteiger charge is -2.32. The fourth-order valence-corrected chi connectivity index (χ4v) is 3.12. The van der Waals surface area contributed by atoms with Crippen molar-refractivity contribution in [3.8, 4) is 0 Å². The predicted octanol–water partition coefficient (Wildman–Crippen LogP) is 1.49. The van der Waals surface area contributed by atoms with Crippen molar-refractivity contribution in [1.29, 1.82) is 0 Å². The van der Waals surface area contributed by atoms with Gasteiger partial charge in [-0.3, -0.25) is 4.79 Å². The third kappa shape index (κ3) is 4.81. The number of nitrogens with one attached hydrogen (secondary N) is 1. The second kappa shape index (κ2) is 8.47. The van der Waals surface area contributed by atoms with E-state index in [-0.39, 0.29) is 18.1 Å². The summed E-state index contributed by atoms with van der Waals surface area (Å²) in [4.78, 5) is 14.6. The maximum absolute atomic E-state index is 12.5. The van der Waals surface area contributed by atoms with E-state index in [0.29, 0.717) is 26.4 Å². The summed E-state index contributed by atoms with van der Waals surface area (Å²) in [7, 11) is 4.04. The SMILES string of the molecule is CN(C)CCO[C@H]1CCOC[C@H]1NC(=O)Cn1ccc2ccccc21. The van der Waals surface area contributed by atoms with E-state index in [2.05, 4.69) is 10.2 Å². The molecule has 0 unspecified atom stereocenters. The third-order valence-corrected chi connectivity index (χ3v) is 4.50. The van der Waals surface area contributed by atoms with Gasteiger partial charge in [0.05, 0.1) is 25.4 Å². The van der Waals surface area contributed by atoms with E-state index in [1.54, 1.807) is 0 Å². The van der Waals surface area contributed by atoms with Crippen molar-refractivity contribution in [2.45, 2.75) is 25.1 Å². The van der Waals surface area contributed by atoms with E-state index in [9.17, 15) is 4.79 Å². The van der Waals surface area contributed by atoms with Gasteiger partial charge in [-0.2, -0.15) is 0 Å². The smallest absolute Gasteiger partial charge is 0.240 e. The first-order valence-electron chi connectivity index (χ1n) is 8.81. The minimum absolute atomic E-state index is 0.0130. The molecule has 1 saturated heterocycles. The van der Waals surface area contributed by atoms with Crippen LogP contribution in [0.4, 0.5) is 0 Å². The Morgan fingerprint density at radius 1 is 1.36 bits per heavy atom. The van der Waals surface area contributed by atoms with Crippen molar-refractivity contribution in [2.75, 3.05) is 40.5 Å². The topological polar surface area (TPSA) is 55.7 Å². The molecule has 0 radical (unpaired) electrons. The Morgan fingerprint density at radius 2 is 2.20 bits per heavy atom. The molecule has 0 bridgehead atoms. The number of hydrogen-bond donors (Lipinski definition) is 1. The molecule has 6 nitrogen and oxygen atoms in total. The van der Waals surface area contributed by atoms with Crippen LogP contribution in [0, 0.1) is 0 Å². The minimum Gasteiger partial charge on any atom is -0.379 e. The molecule has 1 amide bonds. The quantitative estimate of drug-likeness (QED) is 0.826.